The zero-order chi connectivity index (χ0) is 19.1. The van der Waals surface area contributed by atoms with Crippen molar-refractivity contribution in [3.8, 4) is 5.69 Å². The summed E-state index contributed by atoms with van der Waals surface area (Å²) in [6, 6.07) is 10.2. The van der Waals surface area contributed by atoms with Crippen LogP contribution in [0.1, 0.15) is 40.6 Å². The number of thioether (sulfide) groups is 1. The van der Waals surface area contributed by atoms with Crippen molar-refractivity contribution in [1.29, 1.82) is 0 Å². The Morgan fingerprint density at radius 2 is 2.00 bits per heavy atom. The van der Waals surface area contributed by atoms with Crippen molar-refractivity contribution in [2.45, 2.75) is 37.9 Å². The second kappa shape index (κ2) is 7.16. The highest BCUT2D eigenvalue weighted by Crippen LogP contribution is 2.36. The number of Topliss-reactive ketones (excluding diaryl/α,β-unsaturated/α-hetero) is 1. The van der Waals surface area contributed by atoms with Gasteiger partial charge in [0, 0.05) is 33.2 Å². The highest BCUT2D eigenvalue weighted by Gasteiger charge is 2.29. The molecule has 140 valence electrons. The Labute approximate surface area is 169 Å². The van der Waals surface area contributed by atoms with Crippen LogP contribution in [0.5, 0.6) is 0 Å². The fraction of sp³-hybridized carbons (Fsp3) is 0.316. The molecule has 1 N–H and O–H groups in total. The van der Waals surface area contributed by atoms with Crippen LogP contribution in [-0.2, 0) is 0 Å². The van der Waals surface area contributed by atoms with E-state index in [1.165, 1.54) is 11.8 Å². The molecule has 27 heavy (non-hydrogen) atoms. The molecular weight excluding hydrogens is 428 g/mol. The molecule has 1 fully saturated rings. The lowest BCUT2D eigenvalue weighted by Gasteiger charge is -2.10. The smallest absolute Gasteiger partial charge is 0.318 e. The Hall–Kier alpha value is -2.06. The van der Waals surface area contributed by atoms with Crippen LogP contribution in [-0.4, -0.2) is 30.9 Å². The summed E-state index contributed by atoms with van der Waals surface area (Å²) in [6.07, 6.45) is 1.99. The van der Waals surface area contributed by atoms with Gasteiger partial charge in [-0.2, -0.15) is 0 Å². The van der Waals surface area contributed by atoms with Crippen molar-refractivity contribution >= 4 is 33.5 Å². The summed E-state index contributed by atoms with van der Waals surface area (Å²) in [5, 5.41) is 7.16. The SMILES string of the molecule is Cc1cc(C(=O)CSc2n[nH]c(=O)n2C2CC2)c(C)n1-c1ccc(Br)cc1. The minimum absolute atomic E-state index is 0.0363. The number of rotatable bonds is 6. The minimum atomic E-state index is -0.194. The summed E-state index contributed by atoms with van der Waals surface area (Å²) in [4.78, 5) is 24.7. The summed E-state index contributed by atoms with van der Waals surface area (Å²) in [5.74, 6) is 0.288. The molecule has 1 aromatic carbocycles. The second-order valence-electron chi connectivity index (χ2n) is 6.72. The second-order valence-corrected chi connectivity index (χ2v) is 8.58. The molecule has 0 radical (unpaired) electrons. The van der Waals surface area contributed by atoms with Crippen LogP contribution in [0.2, 0.25) is 0 Å². The van der Waals surface area contributed by atoms with Crippen LogP contribution in [0.4, 0.5) is 0 Å². The predicted molar refractivity (Wildman–Crippen MR) is 109 cm³/mol. The monoisotopic (exact) mass is 446 g/mol. The summed E-state index contributed by atoms with van der Waals surface area (Å²) in [7, 11) is 0. The average Bonchev–Trinajstić information content (AvgIpc) is 3.34. The quantitative estimate of drug-likeness (QED) is 0.457. The van der Waals surface area contributed by atoms with Crippen molar-refractivity contribution in [3.63, 3.8) is 0 Å². The number of ketones is 1. The molecule has 3 aromatic rings. The van der Waals surface area contributed by atoms with E-state index in [9.17, 15) is 9.59 Å². The van der Waals surface area contributed by atoms with Crippen LogP contribution in [0, 0.1) is 13.8 Å². The summed E-state index contributed by atoms with van der Waals surface area (Å²) in [5.41, 5.74) is 3.47. The first-order chi connectivity index (χ1) is 13.0. The Kier molecular flexibility index (Phi) is 4.86. The zero-order valence-corrected chi connectivity index (χ0v) is 17.4. The van der Waals surface area contributed by atoms with E-state index < -0.39 is 0 Å². The lowest BCUT2D eigenvalue weighted by Crippen LogP contribution is -2.16. The Morgan fingerprint density at radius 3 is 2.67 bits per heavy atom. The van der Waals surface area contributed by atoms with Crippen LogP contribution in [0.3, 0.4) is 0 Å². The predicted octanol–water partition coefficient (Wildman–Crippen LogP) is 4.05. The first kappa shape index (κ1) is 18.3. The van der Waals surface area contributed by atoms with E-state index in [0.717, 1.165) is 34.4 Å². The lowest BCUT2D eigenvalue weighted by molar-refractivity contribution is 0.102. The topological polar surface area (TPSA) is 72.7 Å². The number of carbonyl (C=O) groups excluding carboxylic acids is 1. The molecule has 0 unspecified atom stereocenters. The van der Waals surface area contributed by atoms with Gasteiger partial charge in [-0.15, -0.1) is 5.10 Å². The van der Waals surface area contributed by atoms with E-state index in [4.69, 9.17) is 0 Å². The van der Waals surface area contributed by atoms with Crippen LogP contribution < -0.4 is 5.69 Å². The first-order valence-electron chi connectivity index (χ1n) is 8.73. The zero-order valence-electron chi connectivity index (χ0n) is 15.0. The number of benzene rings is 1. The molecule has 2 heterocycles. The van der Waals surface area contributed by atoms with Crippen LogP contribution in [0.15, 0.2) is 44.8 Å². The van der Waals surface area contributed by atoms with Crippen molar-refractivity contribution in [1.82, 2.24) is 19.3 Å². The summed E-state index contributed by atoms with van der Waals surface area (Å²) < 4.78 is 4.77. The fourth-order valence-electron chi connectivity index (χ4n) is 3.29. The van der Waals surface area contributed by atoms with E-state index in [2.05, 4.69) is 30.7 Å². The number of aromatic nitrogens is 4. The molecule has 8 heteroatoms. The lowest BCUT2D eigenvalue weighted by atomic mass is 10.2. The highest BCUT2D eigenvalue weighted by atomic mass is 79.9. The number of hydrogen-bond donors (Lipinski definition) is 1. The molecule has 2 aromatic heterocycles. The summed E-state index contributed by atoms with van der Waals surface area (Å²) in [6.45, 7) is 3.96. The van der Waals surface area contributed by atoms with Crippen molar-refractivity contribution in [2.75, 3.05) is 5.75 Å². The number of nitrogens with zero attached hydrogens (tertiary/aromatic N) is 3. The Balaban J connectivity index is 1.55. The van der Waals surface area contributed by atoms with Crippen molar-refractivity contribution in [2.24, 2.45) is 0 Å². The number of nitrogens with one attached hydrogen (secondary N) is 1. The van der Waals surface area contributed by atoms with Gasteiger partial charge in [0.05, 0.1) is 5.75 Å². The van der Waals surface area contributed by atoms with Gasteiger partial charge < -0.3 is 4.57 Å². The van der Waals surface area contributed by atoms with Gasteiger partial charge in [0.25, 0.3) is 0 Å². The van der Waals surface area contributed by atoms with Gasteiger partial charge in [0.1, 0.15) is 0 Å². The normalized spacial score (nSPS) is 13.9. The van der Waals surface area contributed by atoms with Gasteiger partial charge >= 0.3 is 5.69 Å². The maximum atomic E-state index is 12.8. The molecule has 0 atom stereocenters. The van der Waals surface area contributed by atoms with E-state index >= 15 is 0 Å². The van der Waals surface area contributed by atoms with Gasteiger partial charge in [-0.1, -0.05) is 27.7 Å². The van der Waals surface area contributed by atoms with E-state index in [1.54, 1.807) is 4.57 Å². The van der Waals surface area contributed by atoms with E-state index in [1.807, 2.05) is 44.2 Å². The molecule has 6 nitrogen and oxygen atoms in total. The van der Waals surface area contributed by atoms with E-state index in [-0.39, 0.29) is 23.3 Å². The molecule has 0 spiro atoms. The van der Waals surface area contributed by atoms with Crippen LogP contribution in [0.25, 0.3) is 5.69 Å². The maximum Gasteiger partial charge on any atom is 0.344 e. The average molecular weight is 447 g/mol. The standard InChI is InChI=1S/C19H19BrN4O2S/c1-11-9-16(12(2)23(11)14-5-3-13(20)4-6-14)17(25)10-27-19-22-21-18(26)24(19)15-7-8-15/h3-6,9,15H,7-8,10H2,1-2H3,(H,21,26). The number of H-pyrrole nitrogens is 1. The number of aromatic amines is 1. The number of aryl methyl sites for hydroxylation is 1. The van der Waals surface area contributed by atoms with Crippen molar-refractivity contribution < 1.29 is 4.79 Å². The molecule has 0 amide bonds. The molecule has 1 aliphatic carbocycles. The van der Waals surface area contributed by atoms with Gasteiger partial charge in [-0.05, 0) is 57.0 Å². The minimum Gasteiger partial charge on any atom is -0.318 e. The maximum absolute atomic E-state index is 12.8. The van der Waals surface area contributed by atoms with E-state index in [0.29, 0.717) is 10.7 Å². The Morgan fingerprint density at radius 1 is 1.30 bits per heavy atom. The number of carbonyl (C=O) groups is 1. The molecule has 1 aliphatic rings. The first-order valence-corrected chi connectivity index (χ1v) is 10.5. The molecule has 4 rings (SSSR count). The molecule has 0 saturated heterocycles. The highest BCUT2D eigenvalue weighted by molar-refractivity contribution is 9.10. The van der Waals surface area contributed by atoms with Gasteiger partial charge in [0.15, 0.2) is 10.9 Å². The molecule has 0 bridgehead atoms. The summed E-state index contributed by atoms with van der Waals surface area (Å²) >= 11 is 4.77. The number of halogens is 1. The molecular formula is C19H19BrN4O2S. The van der Waals surface area contributed by atoms with Gasteiger partial charge in [-0.25, -0.2) is 9.89 Å². The Bertz CT molecular complexity index is 1060. The van der Waals surface area contributed by atoms with Gasteiger partial charge in [-0.3, -0.25) is 9.36 Å². The third-order valence-electron chi connectivity index (χ3n) is 4.73. The third-order valence-corrected chi connectivity index (χ3v) is 6.21. The number of hydrogen-bond acceptors (Lipinski definition) is 4. The molecule has 1 saturated carbocycles. The van der Waals surface area contributed by atoms with Gasteiger partial charge in [0.2, 0.25) is 0 Å². The largest absolute Gasteiger partial charge is 0.344 e. The fourth-order valence-corrected chi connectivity index (χ4v) is 4.45. The van der Waals surface area contributed by atoms with Crippen molar-refractivity contribution in [3.05, 3.63) is 62.2 Å². The third kappa shape index (κ3) is 3.55. The molecule has 0 aliphatic heterocycles. The van der Waals surface area contributed by atoms with Crippen LogP contribution >= 0.6 is 27.7 Å².